The number of halogens is 1. The van der Waals surface area contributed by atoms with Crippen LogP contribution in [0.5, 0.6) is 0 Å². The first kappa shape index (κ1) is 23.0. The van der Waals surface area contributed by atoms with Gasteiger partial charge in [0.05, 0.1) is 5.56 Å². The van der Waals surface area contributed by atoms with Crippen molar-refractivity contribution in [2.75, 3.05) is 5.32 Å². The van der Waals surface area contributed by atoms with Gasteiger partial charge in [0.15, 0.2) is 0 Å². The Labute approximate surface area is 191 Å². The first-order valence-corrected chi connectivity index (χ1v) is 10.4. The monoisotopic (exact) mass is 450 g/mol. The van der Waals surface area contributed by atoms with E-state index in [4.69, 9.17) is 16.3 Å². The highest BCUT2D eigenvalue weighted by Crippen LogP contribution is 2.24. The van der Waals surface area contributed by atoms with E-state index >= 15 is 0 Å². The van der Waals surface area contributed by atoms with Crippen molar-refractivity contribution in [3.63, 3.8) is 0 Å². The number of anilines is 1. The average Bonchev–Trinajstić information content (AvgIpc) is 2.79. The van der Waals surface area contributed by atoms with Gasteiger partial charge < -0.3 is 15.4 Å². The van der Waals surface area contributed by atoms with Gasteiger partial charge in [-0.2, -0.15) is 0 Å². The fraction of sp³-hybridized carbons (Fsp3) is 0.160. The van der Waals surface area contributed by atoms with Crippen molar-refractivity contribution in [2.24, 2.45) is 0 Å². The lowest BCUT2D eigenvalue weighted by Crippen LogP contribution is -2.26. The molecule has 0 heterocycles. The van der Waals surface area contributed by atoms with E-state index in [1.54, 1.807) is 66.7 Å². The zero-order valence-electron chi connectivity index (χ0n) is 17.7. The van der Waals surface area contributed by atoms with Gasteiger partial charge in [0.25, 0.3) is 5.91 Å². The molecule has 1 atom stereocenters. The fourth-order valence-electron chi connectivity index (χ4n) is 2.94. The molecule has 3 aromatic rings. The molecular weight excluding hydrogens is 428 g/mol. The van der Waals surface area contributed by atoms with Crippen LogP contribution in [-0.2, 0) is 20.9 Å². The number of esters is 1. The number of amides is 2. The van der Waals surface area contributed by atoms with Gasteiger partial charge in [-0.3, -0.25) is 9.59 Å². The van der Waals surface area contributed by atoms with Crippen LogP contribution in [0.1, 0.15) is 40.1 Å². The summed E-state index contributed by atoms with van der Waals surface area (Å²) < 4.78 is 5.59. The summed E-state index contributed by atoms with van der Waals surface area (Å²) in [6.07, 6.45) is -1.15. The summed E-state index contributed by atoms with van der Waals surface area (Å²) in [7, 11) is 0. The van der Waals surface area contributed by atoms with E-state index in [0.717, 1.165) is 11.1 Å². The topological polar surface area (TPSA) is 84.5 Å². The third-order valence-electron chi connectivity index (χ3n) is 4.74. The molecule has 0 spiro atoms. The van der Waals surface area contributed by atoms with Crippen LogP contribution in [0.25, 0.3) is 0 Å². The molecule has 2 N–H and O–H groups in total. The largest absolute Gasteiger partial charge is 0.444 e. The third-order valence-corrected chi connectivity index (χ3v) is 5.14. The Morgan fingerprint density at radius 2 is 1.66 bits per heavy atom. The number of hydrogen-bond donors (Lipinski definition) is 2. The highest BCUT2D eigenvalue weighted by Gasteiger charge is 2.26. The molecule has 0 aliphatic rings. The lowest BCUT2D eigenvalue weighted by Gasteiger charge is -2.18. The van der Waals surface area contributed by atoms with Crippen LogP contribution in [0.4, 0.5) is 5.69 Å². The number of ether oxygens (including phenoxy) is 1. The number of hydrogen-bond acceptors (Lipinski definition) is 4. The average molecular weight is 451 g/mol. The Hall–Kier alpha value is -3.64. The van der Waals surface area contributed by atoms with Gasteiger partial charge in [0.2, 0.25) is 12.0 Å². The van der Waals surface area contributed by atoms with Crippen molar-refractivity contribution in [1.82, 2.24) is 5.32 Å². The van der Waals surface area contributed by atoms with Crippen LogP contribution >= 0.6 is 11.6 Å². The minimum Gasteiger partial charge on any atom is -0.444 e. The molecule has 32 heavy (non-hydrogen) atoms. The standard InChI is InChI=1S/C25H23ClN2O4/c1-16-8-13-21(14-22(16)26)28-24(30)23(19-6-4-3-5-7-19)32-25(31)20-11-9-18(10-12-20)15-27-17(2)29/h3-14,23H,15H2,1-2H3,(H,27,29)(H,28,30). The summed E-state index contributed by atoms with van der Waals surface area (Å²) in [5.74, 6) is -1.27. The first-order valence-electron chi connectivity index (χ1n) is 10.00. The van der Waals surface area contributed by atoms with Crippen molar-refractivity contribution in [1.29, 1.82) is 0 Å². The Morgan fingerprint density at radius 1 is 0.969 bits per heavy atom. The summed E-state index contributed by atoms with van der Waals surface area (Å²) in [4.78, 5) is 36.8. The van der Waals surface area contributed by atoms with Gasteiger partial charge in [-0.05, 0) is 42.3 Å². The molecule has 3 rings (SSSR count). The SMILES string of the molecule is CC(=O)NCc1ccc(C(=O)OC(C(=O)Nc2ccc(C)c(Cl)c2)c2ccccc2)cc1. The van der Waals surface area contributed by atoms with Crippen molar-refractivity contribution in [2.45, 2.75) is 26.5 Å². The van der Waals surface area contributed by atoms with Gasteiger partial charge >= 0.3 is 5.97 Å². The maximum absolute atomic E-state index is 13.0. The van der Waals surface area contributed by atoms with E-state index in [2.05, 4.69) is 10.6 Å². The normalized spacial score (nSPS) is 11.3. The fourth-order valence-corrected chi connectivity index (χ4v) is 3.12. The van der Waals surface area contributed by atoms with Gasteiger partial charge in [-0.1, -0.05) is 60.1 Å². The molecule has 0 saturated carbocycles. The van der Waals surface area contributed by atoms with Crippen molar-refractivity contribution in [3.8, 4) is 0 Å². The Balaban J connectivity index is 1.77. The van der Waals surface area contributed by atoms with E-state index in [0.29, 0.717) is 28.4 Å². The van der Waals surface area contributed by atoms with Crippen LogP contribution in [-0.4, -0.2) is 17.8 Å². The molecule has 164 valence electrons. The molecule has 2 amide bonds. The maximum Gasteiger partial charge on any atom is 0.339 e. The minimum absolute atomic E-state index is 0.139. The number of nitrogens with one attached hydrogen (secondary N) is 2. The zero-order chi connectivity index (χ0) is 23.1. The summed E-state index contributed by atoms with van der Waals surface area (Å²) in [5.41, 5.74) is 3.07. The van der Waals surface area contributed by atoms with E-state index < -0.39 is 18.0 Å². The Morgan fingerprint density at radius 3 is 2.28 bits per heavy atom. The molecule has 0 saturated heterocycles. The van der Waals surface area contributed by atoms with E-state index in [1.807, 2.05) is 13.0 Å². The smallest absolute Gasteiger partial charge is 0.339 e. The summed E-state index contributed by atoms with van der Waals surface area (Å²) in [6, 6.07) is 20.6. The maximum atomic E-state index is 13.0. The number of rotatable bonds is 7. The van der Waals surface area contributed by atoms with Crippen LogP contribution in [0, 0.1) is 6.92 Å². The molecule has 0 aliphatic carbocycles. The number of benzene rings is 3. The van der Waals surface area contributed by atoms with Gasteiger partial charge in [-0.25, -0.2) is 4.79 Å². The quantitative estimate of drug-likeness (QED) is 0.505. The lowest BCUT2D eigenvalue weighted by molar-refractivity contribution is -0.125. The second-order valence-corrected chi connectivity index (χ2v) is 7.66. The van der Waals surface area contributed by atoms with Gasteiger partial charge in [-0.15, -0.1) is 0 Å². The van der Waals surface area contributed by atoms with E-state index in [9.17, 15) is 14.4 Å². The van der Waals surface area contributed by atoms with Crippen LogP contribution < -0.4 is 10.6 Å². The number of aryl methyl sites for hydroxylation is 1. The van der Waals surface area contributed by atoms with Crippen molar-refractivity contribution < 1.29 is 19.1 Å². The predicted octanol–water partition coefficient (Wildman–Crippen LogP) is 4.82. The molecule has 1 unspecified atom stereocenters. The molecule has 3 aromatic carbocycles. The molecule has 0 radical (unpaired) electrons. The molecule has 0 aromatic heterocycles. The molecular formula is C25H23ClN2O4. The second kappa shape index (κ2) is 10.6. The molecule has 0 aliphatic heterocycles. The summed E-state index contributed by atoms with van der Waals surface area (Å²) in [5, 5.41) is 5.98. The van der Waals surface area contributed by atoms with Crippen molar-refractivity contribution in [3.05, 3.63) is 100 Å². The molecule has 0 fully saturated rings. The first-order chi connectivity index (χ1) is 15.3. The van der Waals surface area contributed by atoms with Gasteiger partial charge in [0.1, 0.15) is 0 Å². The van der Waals surface area contributed by atoms with Crippen LogP contribution in [0.3, 0.4) is 0 Å². The van der Waals surface area contributed by atoms with Crippen molar-refractivity contribution >= 4 is 35.1 Å². The lowest BCUT2D eigenvalue weighted by atomic mass is 10.1. The second-order valence-electron chi connectivity index (χ2n) is 7.26. The van der Waals surface area contributed by atoms with E-state index in [-0.39, 0.29) is 5.91 Å². The Bertz CT molecular complexity index is 1110. The van der Waals surface area contributed by atoms with Crippen LogP contribution in [0.15, 0.2) is 72.8 Å². The number of carbonyl (C=O) groups is 3. The highest BCUT2D eigenvalue weighted by atomic mass is 35.5. The molecule has 0 bridgehead atoms. The molecule has 6 nitrogen and oxygen atoms in total. The number of carbonyl (C=O) groups excluding carboxylic acids is 3. The summed E-state index contributed by atoms with van der Waals surface area (Å²) in [6.45, 7) is 3.66. The Kier molecular flexibility index (Phi) is 7.63. The zero-order valence-corrected chi connectivity index (χ0v) is 18.5. The van der Waals surface area contributed by atoms with Gasteiger partial charge in [0, 0.05) is 29.7 Å². The highest BCUT2D eigenvalue weighted by molar-refractivity contribution is 6.31. The minimum atomic E-state index is -1.15. The summed E-state index contributed by atoms with van der Waals surface area (Å²) >= 11 is 6.15. The van der Waals surface area contributed by atoms with Crippen LogP contribution in [0.2, 0.25) is 5.02 Å². The van der Waals surface area contributed by atoms with E-state index in [1.165, 1.54) is 6.92 Å². The predicted molar refractivity (Wildman–Crippen MR) is 123 cm³/mol. The third kappa shape index (κ3) is 6.18. The molecule has 7 heteroatoms.